The molecule has 0 spiro atoms. The van der Waals surface area contributed by atoms with Gasteiger partial charge >= 0.3 is 5.97 Å². The predicted molar refractivity (Wildman–Crippen MR) is 66.7 cm³/mol. The van der Waals surface area contributed by atoms with E-state index in [2.05, 4.69) is 5.32 Å². The van der Waals surface area contributed by atoms with E-state index in [-0.39, 0.29) is 18.2 Å². The lowest BCUT2D eigenvalue weighted by molar-refractivity contribution is -0.136. The summed E-state index contributed by atoms with van der Waals surface area (Å²) in [6.45, 7) is 4.64. The van der Waals surface area contributed by atoms with Crippen molar-refractivity contribution < 1.29 is 14.7 Å². The van der Waals surface area contributed by atoms with Crippen molar-refractivity contribution in [3.05, 3.63) is 0 Å². The summed E-state index contributed by atoms with van der Waals surface area (Å²) < 4.78 is 0. The van der Waals surface area contributed by atoms with E-state index in [1.807, 2.05) is 13.8 Å². The SMILES string of the molecule is CCC(CC)C(=O)NCCSCCC(=O)O. The number of carboxylic acids is 1. The average Bonchev–Trinajstić information content (AvgIpc) is 2.24. The van der Waals surface area contributed by atoms with E-state index in [4.69, 9.17) is 5.11 Å². The van der Waals surface area contributed by atoms with Gasteiger partial charge in [0, 0.05) is 24.0 Å². The number of nitrogens with one attached hydrogen (secondary N) is 1. The molecule has 4 nitrogen and oxygen atoms in total. The van der Waals surface area contributed by atoms with Gasteiger partial charge in [-0.3, -0.25) is 9.59 Å². The molecule has 0 saturated carbocycles. The summed E-state index contributed by atoms with van der Waals surface area (Å²) in [6, 6.07) is 0. The third kappa shape index (κ3) is 7.56. The second-order valence-corrected chi connectivity index (χ2v) is 4.79. The fraction of sp³-hybridized carbons (Fsp3) is 0.818. The van der Waals surface area contributed by atoms with Gasteiger partial charge in [-0.2, -0.15) is 11.8 Å². The molecular weight excluding hydrogens is 226 g/mol. The number of thioether (sulfide) groups is 1. The first-order chi connectivity index (χ1) is 7.61. The van der Waals surface area contributed by atoms with E-state index in [1.165, 1.54) is 0 Å². The monoisotopic (exact) mass is 247 g/mol. The Morgan fingerprint density at radius 1 is 1.25 bits per heavy atom. The van der Waals surface area contributed by atoms with Gasteiger partial charge in [0.2, 0.25) is 5.91 Å². The minimum absolute atomic E-state index is 0.115. The number of hydrogen-bond acceptors (Lipinski definition) is 3. The number of carbonyl (C=O) groups excluding carboxylic acids is 1. The van der Waals surface area contributed by atoms with E-state index in [0.29, 0.717) is 12.3 Å². The Labute approximate surface area is 101 Å². The number of carbonyl (C=O) groups is 2. The lowest BCUT2D eigenvalue weighted by atomic mass is 10.0. The Morgan fingerprint density at radius 3 is 2.38 bits per heavy atom. The maximum absolute atomic E-state index is 11.5. The highest BCUT2D eigenvalue weighted by atomic mass is 32.2. The third-order valence-electron chi connectivity index (χ3n) is 2.36. The maximum atomic E-state index is 11.5. The molecule has 0 unspecified atom stereocenters. The van der Waals surface area contributed by atoms with Gasteiger partial charge in [-0.25, -0.2) is 0 Å². The largest absolute Gasteiger partial charge is 0.481 e. The highest BCUT2D eigenvalue weighted by Crippen LogP contribution is 2.07. The minimum atomic E-state index is -0.770. The van der Waals surface area contributed by atoms with Gasteiger partial charge in [0.15, 0.2) is 0 Å². The zero-order valence-electron chi connectivity index (χ0n) is 9.99. The molecular formula is C11H21NO3S. The van der Waals surface area contributed by atoms with Crippen LogP contribution in [0, 0.1) is 5.92 Å². The van der Waals surface area contributed by atoms with Gasteiger partial charge in [0.25, 0.3) is 0 Å². The van der Waals surface area contributed by atoms with Gasteiger partial charge in [0.1, 0.15) is 0 Å². The summed E-state index contributed by atoms with van der Waals surface area (Å²) in [5.74, 6) is 0.844. The van der Waals surface area contributed by atoms with Gasteiger partial charge in [-0.1, -0.05) is 13.8 Å². The number of rotatable bonds is 9. The minimum Gasteiger partial charge on any atom is -0.481 e. The summed E-state index contributed by atoms with van der Waals surface area (Å²) >= 11 is 1.55. The van der Waals surface area contributed by atoms with E-state index in [9.17, 15) is 9.59 Å². The number of hydrogen-bond donors (Lipinski definition) is 2. The quantitative estimate of drug-likeness (QED) is 0.609. The molecule has 0 aromatic rings. The van der Waals surface area contributed by atoms with Crippen molar-refractivity contribution in [2.75, 3.05) is 18.1 Å². The Hall–Kier alpha value is -0.710. The highest BCUT2D eigenvalue weighted by Gasteiger charge is 2.12. The fourth-order valence-electron chi connectivity index (χ4n) is 1.31. The fourth-order valence-corrected chi connectivity index (χ4v) is 2.08. The molecule has 94 valence electrons. The summed E-state index contributed by atoms with van der Waals surface area (Å²) in [5.41, 5.74) is 0. The van der Waals surface area contributed by atoms with E-state index in [1.54, 1.807) is 11.8 Å². The van der Waals surface area contributed by atoms with Gasteiger partial charge in [-0.05, 0) is 12.8 Å². The number of carboxylic acid groups (broad SMARTS) is 1. The molecule has 0 rings (SSSR count). The van der Waals surface area contributed by atoms with Crippen molar-refractivity contribution in [3.63, 3.8) is 0 Å². The van der Waals surface area contributed by atoms with Gasteiger partial charge in [0.05, 0.1) is 6.42 Å². The van der Waals surface area contributed by atoms with Crippen molar-refractivity contribution in [3.8, 4) is 0 Å². The van der Waals surface area contributed by atoms with Crippen molar-refractivity contribution in [2.24, 2.45) is 5.92 Å². The van der Waals surface area contributed by atoms with Crippen LogP contribution in [0.1, 0.15) is 33.1 Å². The summed E-state index contributed by atoms with van der Waals surface area (Å²) in [5, 5.41) is 11.3. The van der Waals surface area contributed by atoms with Crippen LogP contribution in [-0.2, 0) is 9.59 Å². The molecule has 16 heavy (non-hydrogen) atoms. The third-order valence-corrected chi connectivity index (χ3v) is 3.35. The first-order valence-corrected chi connectivity index (χ1v) is 6.84. The van der Waals surface area contributed by atoms with Gasteiger partial charge in [-0.15, -0.1) is 0 Å². The van der Waals surface area contributed by atoms with Crippen molar-refractivity contribution in [1.29, 1.82) is 0 Å². The zero-order valence-corrected chi connectivity index (χ0v) is 10.8. The second-order valence-electron chi connectivity index (χ2n) is 3.56. The summed E-state index contributed by atoms with van der Waals surface area (Å²) in [6.07, 6.45) is 1.92. The molecule has 0 aromatic heterocycles. The zero-order chi connectivity index (χ0) is 12.4. The molecule has 0 saturated heterocycles. The Kier molecular flexibility index (Phi) is 9.09. The molecule has 0 heterocycles. The molecule has 0 bridgehead atoms. The van der Waals surface area contributed by atoms with E-state index in [0.717, 1.165) is 18.6 Å². The first kappa shape index (κ1) is 15.3. The summed E-state index contributed by atoms with van der Waals surface area (Å²) in [7, 11) is 0. The smallest absolute Gasteiger partial charge is 0.304 e. The molecule has 0 aliphatic carbocycles. The van der Waals surface area contributed by atoms with E-state index < -0.39 is 5.97 Å². The van der Waals surface area contributed by atoms with Crippen LogP contribution in [0.4, 0.5) is 0 Å². The molecule has 5 heteroatoms. The molecule has 0 fully saturated rings. The standard InChI is InChI=1S/C11H21NO3S/c1-3-9(4-2)11(15)12-6-8-16-7-5-10(13)14/h9H,3-8H2,1-2H3,(H,12,15)(H,13,14). The Morgan fingerprint density at radius 2 is 1.88 bits per heavy atom. The number of amides is 1. The van der Waals surface area contributed by atoms with Crippen molar-refractivity contribution in [2.45, 2.75) is 33.1 Å². The van der Waals surface area contributed by atoms with Crippen LogP contribution in [0.3, 0.4) is 0 Å². The van der Waals surface area contributed by atoms with E-state index >= 15 is 0 Å². The normalized spacial score (nSPS) is 10.4. The molecule has 0 atom stereocenters. The van der Waals surface area contributed by atoms with Crippen LogP contribution in [-0.4, -0.2) is 35.0 Å². The maximum Gasteiger partial charge on any atom is 0.304 e. The predicted octanol–water partition coefficient (Wildman–Crippen LogP) is 1.75. The first-order valence-electron chi connectivity index (χ1n) is 5.69. The second kappa shape index (κ2) is 9.51. The highest BCUT2D eigenvalue weighted by molar-refractivity contribution is 7.99. The molecule has 0 aliphatic rings. The molecule has 0 radical (unpaired) electrons. The summed E-state index contributed by atoms with van der Waals surface area (Å²) in [4.78, 5) is 21.8. The van der Waals surface area contributed by atoms with Crippen LogP contribution in [0.2, 0.25) is 0 Å². The van der Waals surface area contributed by atoms with Crippen LogP contribution in [0.15, 0.2) is 0 Å². The Balaban J connectivity index is 3.44. The van der Waals surface area contributed by atoms with Crippen molar-refractivity contribution in [1.82, 2.24) is 5.32 Å². The van der Waals surface area contributed by atoms with Crippen LogP contribution >= 0.6 is 11.8 Å². The van der Waals surface area contributed by atoms with Crippen molar-refractivity contribution >= 4 is 23.6 Å². The topological polar surface area (TPSA) is 66.4 Å². The van der Waals surface area contributed by atoms with Gasteiger partial charge < -0.3 is 10.4 Å². The van der Waals surface area contributed by atoms with Crippen LogP contribution in [0.5, 0.6) is 0 Å². The molecule has 2 N–H and O–H groups in total. The van der Waals surface area contributed by atoms with Crippen LogP contribution < -0.4 is 5.32 Å². The lowest BCUT2D eigenvalue weighted by Crippen LogP contribution is -2.31. The Bertz CT molecular complexity index is 217. The molecule has 0 aliphatic heterocycles. The average molecular weight is 247 g/mol. The molecule has 0 aromatic carbocycles. The lowest BCUT2D eigenvalue weighted by Gasteiger charge is -2.12. The van der Waals surface area contributed by atoms with Crippen LogP contribution in [0.25, 0.3) is 0 Å². The number of aliphatic carboxylic acids is 1. The molecule has 1 amide bonds.